The number of benzene rings is 1. The van der Waals surface area contributed by atoms with E-state index in [9.17, 15) is 22.6 Å². The number of esters is 2. The molecule has 0 bridgehead atoms. The van der Waals surface area contributed by atoms with Gasteiger partial charge in [0.2, 0.25) is 0 Å². The molecule has 212 valence electrons. The van der Waals surface area contributed by atoms with Crippen molar-refractivity contribution in [2.45, 2.75) is 122 Å². The van der Waals surface area contributed by atoms with Crippen molar-refractivity contribution in [3.8, 4) is 0 Å². The minimum absolute atomic E-state index is 0.00850. The molecule has 0 aromatic heterocycles. The van der Waals surface area contributed by atoms with Crippen LogP contribution in [-0.4, -0.2) is 43.4 Å². The molecule has 37 heavy (non-hydrogen) atoms. The lowest BCUT2D eigenvalue weighted by Crippen LogP contribution is -2.27. The molecule has 7 nitrogen and oxygen atoms in total. The van der Waals surface area contributed by atoms with Gasteiger partial charge in [0, 0.05) is 0 Å². The molecule has 1 aromatic carbocycles. The summed E-state index contributed by atoms with van der Waals surface area (Å²) in [4.78, 5) is 24.9. The fourth-order valence-corrected chi connectivity index (χ4v) is 4.88. The molecule has 0 saturated carbocycles. The zero-order chi connectivity index (χ0) is 27.4. The van der Waals surface area contributed by atoms with E-state index in [1.54, 1.807) is 19.1 Å². The predicted molar refractivity (Wildman–Crippen MR) is 148 cm³/mol. The molecule has 0 aliphatic carbocycles. The Hall–Kier alpha value is -1.93. The minimum Gasteiger partial charge on any atom is -0.462 e. The highest BCUT2D eigenvalue weighted by molar-refractivity contribution is 7.86. The van der Waals surface area contributed by atoms with E-state index in [0.29, 0.717) is 0 Å². The second-order valence-electron chi connectivity index (χ2n) is 9.77. The molecule has 0 heterocycles. The lowest BCUT2D eigenvalue weighted by Gasteiger charge is -2.13. The van der Waals surface area contributed by atoms with Crippen molar-refractivity contribution >= 4 is 22.1 Å². The summed E-state index contributed by atoms with van der Waals surface area (Å²) in [6, 6.07) is 6.11. The van der Waals surface area contributed by atoms with Crippen LogP contribution in [0.4, 0.5) is 0 Å². The van der Waals surface area contributed by atoms with Crippen LogP contribution >= 0.6 is 0 Å². The van der Waals surface area contributed by atoms with Crippen LogP contribution in [0.1, 0.15) is 137 Å². The summed E-state index contributed by atoms with van der Waals surface area (Å²) in [6.45, 7) is 3.61. The zero-order valence-electron chi connectivity index (χ0n) is 22.9. The second kappa shape index (κ2) is 20.1. The van der Waals surface area contributed by atoms with E-state index in [1.165, 1.54) is 89.2 Å². The number of unbranched alkanes of at least 4 members (excludes halogenated alkanes) is 14. The van der Waals surface area contributed by atoms with Crippen LogP contribution in [0, 0.1) is 0 Å². The first-order valence-corrected chi connectivity index (χ1v) is 15.7. The molecule has 0 fully saturated rings. The van der Waals surface area contributed by atoms with Crippen molar-refractivity contribution < 1.29 is 32.0 Å². The molecule has 1 aromatic rings. The van der Waals surface area contributed by atoms with Gasteiger partial charge in [-0.05, 0) is 25.0 Å². The maximum absolute atomic E-state index is 12.5. The molecule has 0 spiro atoms. The number of carbonyl (C=O) groups is 2. The van der Waals surface area contributed by atoms with E-state index < -0.39 is 33.9 Å². The Kier molecular flexibility index (Phi) is 18.0. The van der Waals surface area contributed by atoms with Gasteiger partial charge in [0.1, 0.15) is 11.9 Å². The summed E-state index contributed by atoms with van der Waals surface area (Å²) >= 11 is 0. The Morgan fingerprint density at radius 2 is 1.11 bits per heavy atom. The summed E-state index contributed by atoms with van der Waals surface area (Å²) in [6.07, 6.45) is 19.0. The highest BCUT2D eigenvalue weighted by atomic mass is 32.2. The number of hydrogen-bond acceptors (Lipinski definition) is 6. The van der Waals surface area contributed by atoms with Crippen molar-refractivity contribution in [1.29, 1.82) is 0 Å². The Morgan fingerprint density at radius 1 is 0.703 bits per heavy atom. The van der Waals surface area contributed by atoms with Crippen molar-refractivity contribution in [3.05, 3.63) is 35.4 Å². The molecule has 0 radical (unpaired) electrons. The summed E-state index contributed by atoms with van der Waals surface area (Å²) in [5, 5.41) is -1.21. The van der Waals surface area contributed by atoms with Crippen LogP contribution in [0.15, 0.2) is 24.3 Å². The zero-order valence-corrected chi connectivity index (χ0v) is 23.7. The Morgan fingerprint density at radius 3 is 1.51 bits per heavy atom. The monoisotopic (exact) mass is 540 g/mol. The van der Waals surface area contributed by atoms with Crippen LogP contribution in [0.2, 0.25) is 0 Å². The van der Waals surface area contributed by atoms with Crippen LogP contribution in [0.5, 0.6) is 0 Å². The molecular weight excluding hydrogens is 492 g/mol. The van der Waals surface area contributed by atoms with E-state index in [2.05, 4.69) is 6.92 Å². The van der Waals surface area contributed by atoms with Gasteiger partial charge in [0.05, 0.1) is 17.7 Å². The summed E-state index contributed by atoms with van der Waals surface area (Å²) < 4.78 is 42.2. The first-order valence-electron chi connectivity index (χ1n) is 14.2. The molecule has 1 unspecified atom stereocenters. The SMILES string of the molecule is CCCCCCCCCCCCCCCCCOC(=O)c1ccccc1C(=O)OCC(CC)S(=O)(=O)O. The van der Waals surface area contributed by atoms with Gasteiger partial charge in [-0.25, -0.2) is 9.59 Å². The smallest absolute Gasteiger partial charge is 0.339 e. The van der Waals surface area contributed by atoms with Gasteiger partial charge in [0.15, 0.2) is 0 Å². The summed E-state index contributed by atoms with van der Waals surface area (Å²) in [5.74, 6) is -1.44. The standard InChI is InChI=1S/C29H48O7S/c1-3-5-6-7-8-9-10-11-12-13-14-15-16-17-20-23-35-28(30)26-21-18-19-22-27(26)29(31)36-24-25(4-2)37(32,33)34/h18-19,21-22,25H,3-17,20,23-24H2,1-2H3,(H,32,33,34). The van der Waals surface area contributed by atoms with Gasteiger partial charge in [-0.3, -0.25) is 4.55 Å². The number of carbonyl (C=O) groups excluding carboxylic acids is 2. The van der Waals surface area contributed by atoms with E-state index in [0.717, 1.165) is 19.3 Å². The van der Waals surface area contributed by atoms with E-state index >= 15 is 0 Å². The molecule has 0 aliphatic rings. The maximum atomic E-state index is 12.5. The van der Waals surface area contributed by atoms with Gasteiger partial charge in [-0.15, -0.1) is 0 Å². The van der Waals surface area contributed by atoms with Gasteiger partial charge in [0.25, 0.3) is 10.1 Å². The fraction of sp³-hybridized carbons (Fsp3) is 0.724. The summed E-state index contributed by atoms with van der Waals surface area (Å²) in [5.41, 5.74) is 0.0857. The number of hydrogen-bond donors (Lipinski definition) is 1. The quantitative estimate of drug-likeness (QED) is 0.0919. The molecule has 1 rings (SSSR count). The molecule has 0 saturated heterocycles. The van der Waals surface area contributed by atoms with Crippen molar-refractivity contribution in [1.82, 2.24) is 0 Å². The normalized spacial score (nSPS) is 12.3. The average molecular weight is 541 g/mol. The van der Waals surface area contributed by atoms with Crippen molar-refractivity contribution in [2.24, 2.45) is 0 Å². The number of ether oxygens (including phenoxy) is 2. The van der Waals surface area contributed by atoms with Crippen molar-refractivity contribution in [3.63, 3.8) is 0 Å². The second-order valence-corrected chi connectivity index (χ2v) is 11.5. The predicted octanol–water partition coefficient (Wildman–Crippen LogP) is 7.54. The lowest BCUT2D eigenvalue weighted by molar-refractivity contribution is 0.0452. The Balaban J connectivity index is 2.19. The summed E-state index contributed by atoms with van der Waals surface area (Å²) in [7, 11) is -4.32. The van der Waals surface area contributed by atoms with Crippen LogP contribution in [0.25, 0.3) is 0 Å². The average Bonchev–Trinajstić information content (AvgIpc) is 2.87. The van der Waals surface area contributed by atoms with Crippen LogP contribution in [0.3, 0.4) is 0 Å². The number of rotatable bonds is 22. The third-order valence-corrected chi connectivity index (χ3v) is 7.94. The minimum atomic E-state index is -4.32. The third-order valence-electron chi connectivity index (χ3n) is 6.62. The van der Waals surface area contributed by atoms with Gasteiger partial charge >= 0.3 is 11.9 Å². The highest BCUT2D eigenvalue weighted by Gasteiger charge is 2.25. The largest absolute Gasteiger partial charge is 0.462 e. The molecule has 0 aliphatic heterocycles. The topological polar surface area (TPSA) is 107 Å². The molecular formula is C29H48O7S. The van der Waals surface area contributed by atoms with Crippen LogP contribution < -0.4 is 0 Å². The van der Waals surface area contributed by atoms with E-state index in [4.69, 9.17) is 9.47 Å². The highest BCUT2D eigenvalue weighted by Crippen LogP contribution is 2.16. The fourth-order valence-electron chi connectivity index (χ4n) is 4.22. The van der Waals surface area contributed by atoms with Gasteiger partial charge in [-0.1, -0.05) is 116 Å². The Labute approximate surface area is 224 Å². The van der Waals surface area contributed by atoms with E-state index in [-0.39, 0.29) is 24.2 Å². The van der Waals surface area contributed by atoms with Gasteiger partial charge < -0.3 is 9.47 Å². The Bertz CT molecular complexity index is 867. The van der Waals surface area contributed by atoms with Gasteiger partial charge in [-0.2, -0.15) is 8.42 Å². The van der Waals surface area contributed by atoms with E-state index in [1.807, 2.05) is 0 Å². The first-order chi connectivity index (χ1) is 17.8. The lowest BCUT2D eigenvalue weighted by atomic mass is 10.0. The first kappa shape index (κ1) is 33.1. The molecule has 0 amide bonds. The molecule has 1 N–H and O–H groups in total. The third kappa shape index (κ3) is 15.2. The maximum Gasteiger partial charge on any atom is 0.339 e. The molecule has 1 atom stereocenters. The molecule has 8 heteroatoms. The van der Waals surface area contributed by atoms with Crippen LogP contribution in [-0.2, 0) is 19.6 Å². The van der Waals surface area contributed by atoms with Crippen molar-refractivity contribution in [2.75, 3.05) is 13.2 Å².